The zero-order chi connectivity index (χ0) is 18.3. The van der Waals surface area contributed by atoms with E-state index in [0.29, 0.717) is 17.7 Å². The fourth-order valence-corrected chi connectivity index (χ4v) is 3.14. The molecule has 26 heavy (non-hydrogen) atoms. The number of halogens is 1. The first kappa shape index (κ1) is 16.4. The third-order valence-electron chi connectivity index (χ3n) is 4.73. The topological polar surface area (TPSA) is 59.1 Å². The Kier molecular flexibility index (Phi) is 3.99. The van der Waals surface area contributed by atoms with E-state index in [-0.39, 0.29) is 17.4 Å². The van der Waals surface area contributed by atoms with Crippen LogP contribution in [0.1, 0.15) is 28.8 Å². The van der Waals surface area contributed by atoms with Gasteiger partial charge in [0.2, 0.25) is 5.91 Å². The first-order valence-corrected chi connectivity index (χ1v) is 8.52. The lowest BCUT2D eigenvalue weighted by molar-refractivity contribution is -0.117. The number of aryl methyl sites for hydroxylation is 1. The molecule has 130 valence electrons. The Balaban J connectivity index is 1.74. The molecule has 1 saturated carbocycles. The molecule has 0 spiro atoms. The van der Waals surface area contributed by atoms with Crippen molar-refractivity contribution in [3.8, 4) is 11.1 Å². The number of nitrogens with one attached hydrogen (secondary N) is 1. The van der Waals surface area contributed by atoms with Gasteiger partial charge in [-0.3, -0.25) is 9.59 Å². The second kappa shape index (κ2) is 6.33. The van der Waals surface area contributed by atoms with Crippen LogP contribution in [0.3, 0.4) is 0 Å². The van der Waals surface area contributed by atoms with Gasteiger partial charge in [0.05, 0.1) is 5.56 Å². The largest absolute Gasteiger partial charge is 0.310 e. The summed E-state index contributed by atoms with van der Waals surface area (Å²) >= 11 is 0. The number of pyridine rings is 1. The summed E-state index contributed by atoms with van der Waals surface area (Å²) in [5.74, 6) is 0.127. The van der Waals surface area contributed by atoms with Crippen LogP contribution in [0.25, 0.3) is 21.9 Å². The Morgan fingerprint density at radius 1 is 1.19 bits per heavy atom. The van der Waals surface area contributed by atoms with Crippen molar-refractivity contribution in [3.63, 3.8) is 0 Å². The standard InChI is InChI=1S/C21H17FN2O2/c1-12-2-7-18(22)17(11-25)20(12)15-6-5-14-9-19(23-10-16(14)8-15)24-21(26)13-3-4-13/h2,5-11,13H,3-4H2,1H3,(H,23,24,26). The van der Waals surface area contributed by atoms with Crippen molar-refractivity contribution >= 4 is 28.8 Å². The summed E-state index contributed by atoms with van der Waals surface area (Å²) in [5, 5.41) is 4.60. The molecule has 0 bridgehead atoms. The second-order valence-electron chi connectivity index (χ2n) is 6.67. The van der Waals surface area contributed by atoms with Gasteiger partial charge in [-0.25, -0.2) is 9.37 Å². The number of rotatable bonds is 4. The molecule has 4 rings (SSSR count). The summed E-state index contributed by atoms with van der Waals surface area (Å²) in [6.45, 7) is 1.85. The molecule has 0 unspecified atom stereocenters. The monoisotopic (exact) mass is 348 g/mol. The van der Waals surface area contributed by atoms with Crippen molar-refractivity contribution in [2.45, 2.75) is 19.8 Å². The molecule has 1 fully saturated rings. The molecule has 4 nitrogen and oxygen atoms in total. The van der Waals surface area contributed by atoms with Gasteiger partial charge in [-0.1, -0.05) is 18.2 Å². The van der Waals surface area contributed by atoms with E-state index in [0.717, 1.165) is 34.7 Å². The van der Waals surface area contributed by atoms with Gasteiger partial charge in [0.25, 0.3) is 0 Å². The molecule has 1 N–H and O–H groups in total. The van der Waals surface area contributed by atoms with E-state index in [4.69, 9.17) is 0 Å². The van der Waals surface area contributed by atoms with Gasteiger partial charge in [0.1, 0.15) is 11.6 Å². The van der Waals surface area contributed by atoms with Crippen LogP contribution in [0.2, 0.25) is 0 Å². The lowest BCUT2D eigenvalue weighted by Crippen LogP contribution is -2.14. The van der Waals surface area contributed by atoms with Crippen molar-refractivity contribution in [3.05, 3.63) is 59.5 Å². The molecule has 0 atom stereocenters. The minimum Gasteiger partial charge on any atom is -0.310 e. The highest BCUT2D eigenvalue weighted by atomic mass is 19.1. The van der Waals surface area contributed by atoms with E-state index in [9.17, 15) is 14.0 Å². The van der Waals surface area contributed by atoms with Crippen LogP contribution in [0.4, 0.5) is 10.2 Å². The summed E-state index contributed by atoms with van der Waals surface area (Å²) in [5.41, 5.74) is 2.24. The summed E-state index contributed by atoms with van der Waals surface area (Å²) in [6, 6.07) is 10.4. The minimum atomic E-state index is -0.531. The summed E-state index contributed by atoms with van der Waals surface area (Å²) in [6.07, 6.45) is 4.11. The normalized spacial score (nSPS) is 13.6. The van der Waals surface area contributed by atoms with E-state index in [2.05, 4.69) is 10.3 Å². The highest BCUT2D eigenvalue weighted by molar-refractivity contribution is 5.97. The number of anilines is 1. The van der Waals surface area contributed by atoms with Crippen LogP contribution >= 0.6 is 0 Å². The maximum absolute atomic E-state index is 14.0. The SMILES string of the molecule is Cc1ccc(F)c(C=O)c1-c1ccc2cc(NC(=O)C3CC3)ncc2c1. The third kappa shape index (κ3) is 2.96. The van der Waals surface area contributed by atoms with E-state index >= 15 is 0 Å². The molecule has 1 heterocycles. The average molecular weight is 348 g/mol. The van der Waals surface area contributed by atoms with Crippen LogP contribution in [0.15, 0.2) is 42.6 Å². The molecular weight excluding hydrogens is 331 g/mol. The average Bonchev–Trinajstić information content (AvgIpc) is 3.48. The lowest BCUT2D eigenvalue weighted by Gasteiger charge is -2.11. The molecule has 0 aliphatic heterocycles. The van der Waals surface area contributed by atoms with E-state index < -0.39 is 5.82 Å². The van der Waals surface area contributed by atoms with Crippen molar-refractivity contribution in [2.75, 3.05) is 5.32 Å². The molecule has 1 amide bonds. The Morgan fingerprint density at radius 3 is 2.73 bits per heavy atom. The number of carbonyl (C=O) groups excluding carboxylic acids is 2. The van der Waals surface area contributed by atoms with Gasteiger partial charge in [-0.05, 0) is 60.0 Å². The number of aldehydes is 1. The maximum atomic E-state index is 14.0. The predicted octanol–water partition coefficient (Wildman–Crippen LogP) is 4.51. The summed E-state index contributed by atoms with van der Waals surface area (Å²) in [4.78, 5) is 27.5. The van der Waals surface area contributed by atoms with Crippen LogP contribution in [0, 0.1) is 18.7 Å². The highest BCUT2D eigenvalue weighted by Crippen LogP contribution is 2.32. The number of aromatic nitrogens is 1. The van der Waals surface area contributed by atoms with Crippen molar-refractivity contribution in [1.82, 2.24) is 4.98 Å². The third-order valence-corrected chi connectivity index (χ3v) is 4.73. The number of nitrogens with zero attached hydrogens (tertiary/aromatic N) is 1. The zero-order valence-electron chi connectivity index (χ0n) is 14.3. The Bertz CT molecular complexity index is 1040. The maximum Gasteiger partial charge on any atom is 0.228 e. The van der Waals surface area contributed by atoms with Gasteiger partial charge in [0, 0.05) is 17.5 Å². The number of hydrogen-bond donors (Lipinski definition) is 1. The number of amides is 1. The van der Waals surface area contributed by atoms with Crippen molar-refractivity contribution in [2.24, 2.45) is 5.92 Å². The summed E-state index contributed by atoms with van der Waals surface area (Å²) < 4.78 is 14.0. The van der Waals surface area contributed by atoms with Crippen LogP contribution in [-0.4, -0.2) is 17.2 Å². The quantitative estimate of drug-likeness (QED) is 0.706. The first-order valence-electron chi connectivity index (χ1n) is 8.52. The Morgan fingerprint density at radius 2 is 2.00 bits per heavy atom. The predicted molar refractivity (Wildman–Crippen MR) is 98.6 cm³/mol. The van der Waals surface area contributed by atoms with Gasteiger partial charge in [-0.2, -0.15) is 0 Å². The van der Waals surface area contributed by atoms with E-state index in [1.54, 1.807) is 12.3 Å². The Hall–Kier alpha value is -3.08. The highest BCUT2D eigenvalue weighted by Gasteiger charge is 2.29. The van der Waals surface area contributed by atoms with Gasteiger partial charge in [-0.15, -0.1) is 0 Å². The first-order chi connectivity index (χ1) is 12.6. The van der Waals surface area contributed by atoms with E-state index in [1.807, 2.05) is 31.2 Å². The van der Waals surface area contributed by atoms with Gasteiger partial charge in [0.15, 0.2) is 6.29 Å². The Labute approximate surface area is 150 Å². The fourth-order valence-electron chi connectivity index (χ4n) is 3.14. The molecule has 1 aliphatic carbocycles. The molecular formula is C21H17FN2O2. The van der Waals surface area contributed by atoms with Gasteiger partial charge < -0.3 is 5.32 Å². The molecule has 2 aromatic carbocycles. The zero-order valence-corrected chi connectivity index (χ0v) is 14.3. The number of hydrogen-bond acceptors (Lipinski definition) is 3. The molecule has 0 saturated heterocycles. The molecule has 5 heteroatoms. The number of carbonyl (C=O) groups is 2. The van der Waals surface area contributed by atoms with Crippen molar-refractivity contribution < 1.29 is 14.0 Å². The molecule has 0 radical (unpaired) electrons. The second-order valence-corrected chi connectivity index (χ2v) is 6.67. The lowest BCUT2D eigenvalue weighted by atomic mass is 9.94. The molecule has 1 aliphatic rings. The summed E-state index contributed by atoms with van der Waals surface area (Å²) in [7, 11) is 0. The smallest absolute Gasteiger partial charge is 0.228 e. The fraction of sp³-hybridized carbons (Fsp3) is 0.190. The minimum absolute atomic E-state index is 0.0134. The van der Waals surface area contributed by atoms with Crippen LogP contribution in [0.5, 0.6) is 0 Å². The van der Waals surface area contributed by atoms with Crippen LogP contribution in [-0.2, 0) is 4.79 Å². The molecule has 1 aromatic heterocycles. The number of fused-ring (bicyclic) bond motifs is 1. The van der Waals surface area contributed by atoms with Crippen LogP contribution < -0.4 is 5.32 Å². The van der Waals surface area contributed by atoms with E-state index in [1.165, 1.54) is 6.07 Å². The molecule has 3 aromatic rings. The number of benzene rings is 2. The van der Waals surface area contributed by atoms with Crippen molar-refractivity contribution in [1.29, 1.82) is 0 Å². The van der Waals surface area contributed by atoms with Gasteiger partial charge >= 0.3 is 0 Å².